The molecule has 2 aromatic rings. The Labute approximate surface area is 129 Å². The lowest BCUT2D eigenvalue weighted by Crippen LogP contribution is -2.32. The topological polar surface area (TPSA) is 60.0 Å². The van der Waals surface area contributed by atoms with Crippen molar-refractivity contribution in [1.82, 2.24) is 5.32 Å². The van der Waals surface area contributed by atoms with E-state index in [9.17, 15) is 5.11 Å². The highest BCUT2D eigenvalue weighted by molar-refractivity contribution is 5.41. The van der Waals surface area contributed by atoms with Gasteiger partial charge in [0.25, 0.3) is 0 Å². The molecule has 2 unspecified atom stereocenters. The Kier molecular flexibility index (Phi) is 4.58. The third-order valence-electron chi connectivity index (χ3n) is 3.56. The minimum atomic E-state index is -0.669. The predicted molar refractivity (Wildman–Crippen MR) is 81.6 cm³/mol. The first-order valence-corrected chi connectivity index (χ1v) is 7.24. The minimum absolute atomic E-state index is 0.435. The van der Waals surface area contributed by atoms with Gasteiger partial charge >= 0.3 is 0 Å². The van der Waals surface area contributed by atoms with E-state index in [1.165, 1.54) is 0 Å². The summed E-state index contributed by atoms with van der Waals surface area (Å²) in [6.07, 6.45) is -1.13. The van der Waals surface area contributed by atoms with Crippen molar-refractivity contribution < 1.29 is 19.6 Å². The second kappa shape index (κ2) is 6.79. The van der Waals surface area contributed by atoms with E-state index in [2.05, 4.69) is 5.32 Å². The van der Waals surface area contributed by atoms with E-state index >= 15 is 0 Å². The SMILES string of the molecule is CNCC(O)C(Oc1ccc2c(c1)OOC2)c1ccccc1. The maximum Gasteiger partial charge on any atom is 0.174 e. The number of hydrogen-bond acceptors (Lipinski definition) is 5. The summed E-state index contributed by atoms with van der Waals surface area (Å²) in [7, 11) is 1.80. The van der Waals surface area contributed by atoms with Crippen molar-refractivity contribution in [3.63, 3.8) is 0 Å². The van der Waals surface area contributed by atoms with Crippen LogP contribution in [0.2, 0.25) is 0 Å². The number of ether oxygens (including phenoxy) is 1. The summed E-state index contributed by atoms with van der Waals surface area (Å²) in [6, 6.07) is 15.2. The monoisotopic (exact) mass is 301 g/mol. The Balaban J connectivity index is 1.83. The number of fused-ring (bicyclic) bond motifs is 1. The van der Waals surface area contributed by atoms with Crippen LogP contribution in [0.25, 0.3) is 0 Å². The Morgan fingerprint density at radius 1 is 1.23 bits per heavy atom. The number of rotatable bonds is 6. The zero-order chi connectivity index (χ0) is 15.4. The molecule has 0 spiro atoms. The summed E-state index contributed by atoms with van der Waals surface area (Å²) in [6.45, 7) is 0.879. The van der Waals surface area contributed by atoms with Crippen LogP contribution in [0.15, 0.2) is 48.5 Å². The van der Waals surface area contributed by atoms with Crippen molar-refractivity contribution in [1.29, 1.82) is 0 Å². The largest absolute Gasteiger partial charge is 0.483 e. The molecule has 1 heterocycles. The smallest absolute Gasteiger partial charge is 0.174 e. The number of aliphatic hydroxyl groups is 1. The van der Waals surface area contributed by atoms with Crippen molar-refractivity contribution in [2.24, 2.45) is 0 Å². The van der Waals surface area contributed by atoms with E-state index in [0.717, 1.165) is 11.1 Å². The summed E-state index contributed by atoms with van der Waals surface area (Å²) in [5.41, 5.74) is 1.90. The second-order valence-electron chi connectivity index (χ2n) is 5.19. The summed E-state index contributed by atoms with van der Waals surface area (Å²) < 4.78 is 6.01. The van der Waals surface area contributed by atoms with Crippen molar-refractivity contribution in [2.45, 2.75) is 18.8 Å². The molecule has 1 aliphatic rings. The van der Waals surface area contributed by atoms with Crippen LogP contribution in [-0.4, -0.2) is 24.8 Å². The Morgan fingerprint density at radius 3 is 2.82 bits per heavy atom. The lowest BCUT2D eigenvalue weighted by Gasteiger charge is -2.24. The molecule has 0 radical (unpaired) electrons. The zero-order valence-corrected chi connectivity index (χ0v) is 12.4. The van der Waals surface area contributed by atoms with Gasteiger partial charge in [0, 0.05) is 18.2 Å². The van der Waals surface area contributed by atoms with Crippen molar-refractivity contribution in [3.8, 4) is 11.5 Å². The van der Waals surface area contributed by atoms with Gasteiger partial charge < -0.3 is 20.0 Å². The predicted octanol–water partition coefficient (Wildman–Crippen LogP) is 2.21. The number of aliphatic hydroxyl groups excluding tert-OH is 1. The van der Waals surface area contributed by atoms with Gasteiger partial charge in [-0.25, -0.2) is 0 Å². The lowest BCUT2D eigenvalue weighted by atomic mass is 10.0. The third kappa shape index (κ3) is 3.22. The Morgan fingerprint density at radius 2 is 2.05 bits per heavy atom. The quantitative estimate of drug-likeness (QED) is 0.801. The van der Waals surface area contributed by atoms with Crippen LogP contribution in [0.1, 0.15) is 17.2 Å². The van der Waals surface area contributed by atoms with Gasteiger partial charge in [0.1, 0.15) is 18.5 Å². The zero-order valence-electron chi connectivity index (χ0n) is 12.4. The summed E-state index contributed by atoms with van der Waals surface area (Å²) in [5.74, 6) is 1.29. The fourth-order valence-electron chi connectivity index (χ4n) is 2.44. The van der Waals surface area contributed by atoms with Crippen LogP contribution in [0.5, 0.6) is 11.5 Å². The Bertz CT molecular complexity index is 617. The molecule has 116 valence electrons. The Hall–Kier alpha value is -2.08. The highest BCUT2D eigenvalue weighted by Crippen LogP contribution is 2.33. The highest BCUT2D eigenvalue weighted by atomic mass is 17.2. The lowest BCUT2D eigenvalue weighted by molar-refractivity contribution is -0.194. The van der Waals surface area contributed by atoms with Crippen LogP contribution in [0.4, 0.5) is 0 Å². The molecule has 1 aliphatic heterocycles. The molecular weight excluding hydrogens is 282 g/mol. The van der Waals surface area contributed by atoms with Gasteiger partial charge in [-0.05, 0) is 24.7 Å². The molecule has 0 aliphatic carbocycles. The van der Waals surface area contributed by atoms with Crippen molar-refractivity contribution in [3.05, 3.63) is 59.7 Å². The standard InChI is InChI=1S/C17H19NO4/c1-18-10-15(19)17(12-5-3-2-4-6-12)21-14-8-7-13-11-20-22-16(13)9-14/h2-9,15,17-19H,10-11H2,1H3. The maximum atomic E-state index is 10.4. The molecule has 0 saturated heterocycles. The first kappa shape index (κ1) is 14.8. The van der Waals surface area contributed by atoms with Crippen LogP contribution in [-0.2, 0) is 11.5 Å². The molecule has 0 bridgehead atoms. The fourth-order valence-corrected chi connectivity index (χ4v) is 2.44. The van der Waals surface area contributed by atoms with Gasteiger partial charge in [-0.2, -0.15) is 4.89 Å². The summed E-state index contributed by atoms with van der Waals surface area (Å²) in [4.78, 5) is 10.0. The molecule has 22 heavy (non-hydrogen) atoms. The van der Waals surface area contributed by atoms with Gasteiger partial charge in [-0.1, -0.05) is 30.3 Å². The van der Waals surface area contributed by atoms with E-state index in [-0.39, 0.29) is 0 Å². The van der Waals surface area contributed by atoms with Crippen molar-refractivity contribution >= 4 is 0 Å². The van der Waals surface area contributed by atoms with E-state index < -0.39 is 12.2 Å². The highest BCUT2D eigenvalue weighted by Gasteiger charge is 2.23. The van der Waals surface area contributed by atoms with Gasteiger partial charge in [0.15, 0.2) is 11.9 Å². The van der Waals surface area contributed by atoms with Crippen molar-refractivity contribution in [2.75, 3.05) is 13.6 Å². The average molecular weight is 301 g/mol. The van der Waals surface area contributed by atoms with Gasteiger partial charge in [-0.3, -0.25) is 0 Å². The van der Waals surface area contributed by atoms with E-state index in [1.807, 2.05) is 42.5 Å². The molecule has 2 aromatic carbocycles. The molecule has 0 aromatic heterocycles. The molecule has 2 N–H and O–H groups in total. The molecule has 0 fully saturated rings. The number of nitrogens with one attached hydrogen (secondary N) is 1. The number of hydrogen-bond donors (Lipinski definition) is 2. The van der Waals surface area contributed by atoms with E-state index in [4.69, 9.17) is 14.5 Å². The third-order valence-corrected chi connectivity index (χ3v) is 3.56. The van der Waals surface area contributed by atoms with Gasteiger partial charge in [0.05, 0.1) is 0 Å². The van der Waals surface area contributed by atoms with Crippen LogP contribution in [0.3, 0.4) is 0 Å². The van der Waals surface area contributed by atoms with E-state index in [0.29, 0.717) is 24.7 Å². The summed E-state index contributed by atoms with van der Waals surface area (Å²) >= 11 is 0. The van der Waals surface area contributed by atoms with Crippen LogP contribution < -0.4 is 14.9 Å². The molecule has 5 heteroatoms. The van der Waals surface area contributed by atoms with Gasteiger partial charge in [0.2, 0.25) is 0 Å². The van der Waals surface area contributed by atoms with E-state index in [1.54, 1.807) is 13.1 Å². The fraction of sp³-hybridized carbons (Fsp3) is 0.294. The average Bonchev–Trinajstić information content (AvgIpc) is 3.01. The van der Waals surface area contributed by atoms with Crippen LogP contribution >= 0.6 is 0 Å². The molecule has 2 atom stereocenters. The first-order valence-electron chi connectivity index (χ1n) is 7.24. The molecular formula is C17H19NO4. The molecule has 0 amide bonds. The van der Waals surface area contributed by atoms with Gasteiger partial charge in [-0.15, -0.1) is 0 Å². The minimum Gasteiger partial charge on any atom is -0.483 e. The number of likely N-dealkylation sites (N-methyl/N-ethyl adjacent to an activating group) is 1. The molecule has 5 nitrogen and oxygen atoms in total. The number of benzene rings is 2. The first-order chi connectivity index (χ1) is 10.8. The molecule has 0 saturated carbocycles. The maximum absolute atomic E-state index is 10.4. The second-order valence-corrected chi connectivity index (χ2v) is 5.19. The summed E-state index contributed by atoms with van der Waals surface area (Å²) in [5, 5.41) is 13.3. The normalized spacial score (nSPS) is 15.7. The molecule has 3 rings (SSSR count). The van der Waals surface area contributed by atoms with Crippen LogP contribution in [0, 0.1) is 0 Å².